The van der Waals surface area contributed by atoms with Crippen LogP contribution < -0.4 is 19.5 Å². The maximum absolute atomic E-state index is 12.3. The number of aryl methyl sites for hydroxylation is 1. The van der Waals surface area contributed by atoms with E-state index in [9.17, 15) is 9.59 Å². The Kier molecular flexibility index (Phi) is 5.80. The van der Waals surface area contributed by atoms with Crippen LogP contribution in [0, 0.1) is 6.92 Å². The third-order valence-electron chi connectivity index (χ3n) is 4.11. The number of nitrogens with zero attached hydrogens (tertiary/aromatic N) is 1. The minimum absolute atomic E-state index is 0.149. The molecule has 0 aliphatic carbocycles. The quantitative estimate of drug-likeness (QED) is 0.577. The highest BCUT2D eigenvalue weighted by molar-refractivity contribution is 7.09. The van der Waals surface area contributed by atoms with Crippen molar-refractivity contribution >= 4 is 28.9 Å². The summed E-state index contributed by atoms with van der Waals surface area (Å²) in [6, 6.07) is 11.6. The zero-order chi connectivity index (χ0) is 20.9. The topological polar surface area (TPSA) is 96.0 Å². The second-order valence-corrected chi connectivity index (χ2v) is 7.43. The molecular formula is C21H18N2O6S. The molecule has 0 atom stereocenters. The summed E-state index contributed by atoms with van der Waals surface area (Å²) >= 11 is 1.55. The number of amides is 1. The molecule has 9 heteroatoms. The van der Waals surface area contributed by atoms with E-state index >= 15 is 0 Å². The molecule has 0 radical (unpaired) electrons. The monoisotopic (exact) mass is 426 g/mol. The first kappa shape index (κ1) is 19.7. The predicted molar refractivity (Wildman–Crippen MR) is 109 cm³/mol. The molecule has 1 aliphatic rings. The second kappa shape index (κ2) is 8.83. The standard InChI is InChI=1S/C21H18N2O6S/c1-13-22-16(11-30-13)9-26-17-4-2-3-14(7-17)21(25)27-10-20(24)23-15-5-6-18-19(8-15)29-12-28-18/h2-8,11H,9-10,12H2,1H3,(H,23,24). The van der Waals surface area contributed by atoms with Gasteiger partial charge in [0.1, 0.15) is 12.4 Å². The number of nitrogens with one attached hydrogen (secondary N) is 1. The van der Waals surface area contributed by atoms with Crippen LogP contribution in [0.2, 0.25) is 0 Å². The minimum Gasteiger partial charge on any atom is -0.487 e. The van der Waals surface area contributed by atoms with Gasteiger partial charge in [0.2, 0.25) is 6.79 Å². The van der Waals surface area contributed by atoms with Crippen molar-refractivity contribution in [1.29, 1.82) is 0 Å². The van der Waals surface area contributed by atoms with Crippen molar-refractivity contribution in [2.24, 2.45) is 0 Å². The number of carbonyl (C=O) groups is 2. The van der Waals surface area contributed by atoms with E-state index in [2.05, 4.69) is 10.3 Å². The van der Waals surface area contributed by atoms with Gasteiger partial charge in [0.05, 0.1) is 16.3 Å². The first-order chi connectivity index (χ1) is 14.6. The summed E-state index contributed by atoms with van der Waals surface area (Å²) in [7, 11) is 0. The Morgan fingerprint density at radius 1 is 1.17 bits per heavy atom. The first-order valence-corrected chi connectivity index (χ1v) is 9.95. The van der Waals surface area contributed by atoms with Crippen molar-refractivity contribution < 1.29 is 28.5 Å². The lowest BCUT2D eigenvalue weighted by atomic mass is 10.2. The van der Waals surface area contributed by atoms with Crippen molar-refractivity contribution in [2.75, 3.05) is 18.7 Å². The van der Waals surface area contributed by atoms with Crippen LogP contribution in [0.1, 0.15) is 21.1 Å². The molecule has 30 heavy (non-hydrogen) atoms. The van der Waals surface area contributed by atoms with E-state index in [1.54, 1.807) is 53.8 Å². The minimum atomic E-state index is -0.620. The summed E-state index contributed by atoms with van der Waals surface area (Å²) in [6.45, 7) is 1.96. The highest BCUT2D eigenvalue weighted by Gasteiger charge is 2.15. The number of thiazole rings is 1. The number of fused-ring (bicyclic) bond motifs is 1. The zero-order valence-electron chi connectivity index (χ0n) is 16.0. The van der Waals surface area contributed by atoms with Crippen LogP contribution in [-0.4, -0.2) is 30.3 Å². The van der Waals surface area contributed by atoms with Crippen molar-refractivity contribution in [3.8, 4) is 17.2 Å². The number of anilines is 1. The SMILES string of the molecule is Cc1nc(COc2cccc(C(=O)OCC(=O)Nc3ccc4c(c3)OCO4)c2)cs1. The average molecular weight is 426 g/mol. The van der Waals surface area contributed by atoms with E-state index in [-0.39, 0.29) is 12.4 Å². The number of rotatable bonds is 7. The van der Waals surface area contributed by atoms with Crippen LogP contribution in [0.5, 0.6) is 17.2 Å². The van der Waals surface area contributed by atoms with Gasteiger partial charge >= 0.3 is 5.97 Å². The summed E-state index contributed by atoms with van der Waals surface area (Å²) in [5.41, 5.74) is 1.64. The molecule has 1 aromatic heterocycles. The zero-order valence-corrected chi connectivity index (χ0v) is 16.9. The van der Waals surface area contributed by atoms with Crippen LogP contribution in [-0.2, 0) is 16.1 Å². The normalized spacial score (nSPS) is 11.8. The van der Waals surface area contributed by atoms with Crippen molar-refractivity contribution in [3.63, 3.8) is 0 Å². The molecule has 3 aromatic rings. The third kappa shape index (κ3) is 4.87. The van der Waals surface area contributed by atoms with E-state index in [0.717, 1.165) is 10.7 Å². The van der Waals surface area contributed by atoms with Crippen LogP contribution >= 0.6 is 11.3 Å². The summed E-state index contributed by atoms with van der Waals surface area (Å²) in [4.78, 5) is 28.7. The molecule has 2 aromatic carbocycles. The lowest BCUT2D eigenvalue weighted by Gasteiger charge is -2.09. The Morgan fingerprint density at radius 2 is 2.03 bits per heavy atom. The summed E-state index contributed by atoms with van der Waals surface area (Å²) in [5, 5.41) is 5.53. The predicted octanol–water partition coefficient (Wildman–Crippen LogP) is 3.55. The number of ether oxygens (including phenoxy) is 4. The van der Waals surface area contributed by atoms with Gasteiger partial charge < -0.3 is 24.3 Å². The fourth-order valence-corrected chi connectivity index (χ4v) is 3.33. The van der Waals surface area contributed by atoms with Gasteiger partial charge in [-0.25, -0.2) is 9.78 Å². The number of esters is 1. The number of carbonyl (C=O) groups excluding carboxylic acids is 2. The van der Waals surface area contributed by atoms with Crippen LogP contribution in [0.25, 0.3) is 0 Å². The largest absolute Gasteiger partial charge is 0.487 e. The molecule has 1 N–H and O–H groups in total. The van der Waals surface area contributed by atoms with Crippen LogP contribution in [0.15, 0.2) is 47.8 Å². The van der Waals surface area contributed by atoms with Crippen molar-refractivity contribution in [3.05, 3.63) is 64.1 Å². The van der Waals surface area contributed by atoms with Gasteiger partial charge in [-0.15, -0.1) is 11.3 Å². The molecule has 0 saturated heterocycles. The molecule has 154 valence electrons. The van der Waals surface area contributed by atoms with Crippen molar-refractivity contribution in [2.45, 2.75) is 13.5 Å². The van der Waals surface area contributed by atoms with Gasteiger partial charge in [0.25, 0.3) is 5.91 Å². The Labute approximate surface area is 176 Å². The molecule has 0 spiro atoms. The van der Waals surface area contributed by atoms with Gasteiger partial charge in [-0.05, 0) is 37.3 Å². The number of aromatic nitrogens is 1. The molecule has 4 rings (SSSR count). The maximum atomic E-state index is 12.3. The molecule has 8 nitrogen and oxygen atoms in total. The molecule has 2 heterocycles. The molecule has 0 saturated carbocycles. The molecule has 1 amide bonds. The van der Waals surface area contributed by atoms with Gasteiger partial charge in [-0.2, -0.15) is 0 Å². The number of hydrogen-bond acceptors (Lipinski definition) is 8. The molecule has 0 unspecified atom stereocenters. The van der Waals surface area contributed by atoms with Crippen molar-refractivity contribution in [1.82, 2.24) is 4.98 Å². The van der Waals surface area contributed by atoms with Gasteiger partial charge in [-0.1, -0.05) is 6.07 Å². The van der Waals surface area contributed by atoms with E-state index in [1.165, 1.54) is 0 Å². The van der Waals surface area contributed by atoms with Gasteiger partial charge in [0, 0.05) is 17.1 Å². The maximum Gasteiger partial charge on any atom is 0.338 e. The van der Waals surface area contributed by atoms with E-state index < -0.39 is 18.5 Å². The molecule has 0 fully saturated rings. The third-order valence-corrected chi connectivity index (χ3v) is 4.94. The molecule has 0 bridgehead atoms. The van der Waals surface area contributed by atoms with E-state index in [0.29, 0.717) is 29.5 Å². The summed E-state index contributed by atoms with van der Waals surface area (Å²) in [6.07, 6.45) is 0. The van der Waals surface area contributed by atoms with Crippen LogP contribution in [0.4, 0.5) is 5.69 Å². The fourth-order valence-electron chi connectivity index (χ4n) is 2.73. The lowest BCUT2D eigenvalue weighted by Crippen LogP contribution is -2.20. The smallest absolute Gasteiger partial charge is 0.338 e. The van der Waals surface area contributed by atoms with Gasteiger partial charge in [0.15, 0.2) is 18.1 Å². The Balaban J connectivity index is 1.28. The number of benzene rings is 2. The fraction of sp³-hybridized carbons (Fsp3) is 0.190. The summed E-state index contributed by atoms with van der Waals surface area (Å²) < 4.78 is 21.3. The lowest BCUT2D eigenvalue weighted by molar-refractivity contribution is -0.119. The molecular weight excluding hydrogens is 408 g/mol. The van der Waals surface area contributed by atoms with Crippen LogP contribution in [0.3, 0.4) is 0 Å². The number of hydrogen-bond donors (Lipinski definition) is 1. The Hall–Kier alpha value is -3.59. The Morgan fingerprint density at radius 3 is 2.87 bits per heavy atom. The summed E-state index contributed by atoms with van der Waals surface area (Å²) in [5.74, 6) is 0.597. The highest BCUT2D eigenvalue weighted by Crippen LogP contribution is 2.34. The molecule has 1 aliphatic heterocycles. The second-order valence-electron chi connectivity index (χ2n) is 6.37. The van der Waals surface area contributed by atoms with E-state index in [1.807, 2.05) is 12.3 Å². The Bertz CT molecular complexity index is 1080. The first-order valence-electron chi connectivity index (χ1n) is 9.07. The van der Waals surface area contributed by atoms with E-state index in [4.69, 9.17) is 18.9 Å². The highest BCUT2D eigenvalue weighted by atomic mass is 32.1. The van der Waals surface area contributed by atoms with Gasteiger partial charge in [-0.3, -0.25) is 4.79 Å². The average Bonchev–Trinajstić information content (AvgIpc) is 3.39.